The molecule has 7 heteroatoms. The maximum Gasteiger partial charge on any atom is 0.232 e. The lowest BCUT2D eigenvalue weighted by Gasteiger charge is -2.36. The number of rotatable bonds is 4. The Labute approximate surface area is 141 Å². The molecule has 2 saturated heterocycles. The number of ether oxygens (including phenoxy) is 1. The number of amides is 1. The van der Waals surface area contributed by atoms with Crippen LogP contribution in [-0.2, 0) is 9.53 Å². The van der Waals surface area contributed by atoms with Crippen LogP contribution >= 0.6 is 11.8 Å². The fraction of sp³-hybridized carbons (Fsp3) is 0.688. The summed E-state index contributed by atoms with van der Waals surface area (Å²) in [6, 6.07) is 1.98. The molecule has 126 valence electrons. The van der Waals surface area contributed by atoms with Gasteiger partial charge in [0.25, 0.3) is 0 Å². The maximum atomic E-state index is 12.1. The van der Waals surface area contributed by atoms with Crippen LogP contribution in [0.3, 0.4) is 0 Å². The summed E-state index contributed by atoms with van der Waals surface area (Å²) in [6.07, 6.45) is 4.23. The third-order valence-corrected chi connectivity index (χ3v) is 5.08. The molecule has 1 aromatic heterocycles. The lowest BCUT2D eigenvalue weighted by molar-refractivity contribution is -0.127. The van der Waals surface area contributed by atoms with E-state index in [2.05, 4.69) is 28.7 Å². The van der Waals surface area contributed by atoms with E-state index in [0.29, 0.717) is 5.75 Å². The molecule has 0 spiro atoms. The van der Waals surface area contributed by atoms with E-state index in [1.165, 1.54) is 11.8 Å². The molecule has 2 atom stereocenters. The molecule has 6 nitrogen and oxygen atoms in total. The minimum atomic E-state index is 0.196. The van der Waals surface area contributed by atoms with E-state index in [4.69, 9.17) is 4.74 Å². The zero-order valence-corrected chi connectivity index (χ0v) is 14.6. The Balaban J connectivity index is 1.59. The van der Waals surface area contributed by atoms with E-state index in [1.54, 1.807) is 6.33 Å². The van der Waals surface area contributed by atoms with Crippen LogP contribution in [-0.4, -0.2) is 64.9 Å². The summed E-state index contributed by atoms with van der Waals surface area (Å²) in [7, 11) is 0. The Morgan fingerprint density at radius 3 is 2.65 bits per heavy atom. The largest absolute Gasteiger partial charge is 0.372 e. The Morgan fingerprint density at radius 1 is 1.26 bits per heavy atom. The number of anilines is 1. The second kappa shape index (κ2) is 7.49. The molecule has 23 heavy (non-hydrogen) atoms. The highest BCUT2D eigenvalue weighted by molar-refractivity contribution is 7.99. The average Bonchev–Trinajstić information content (AvgIpc) is 3.06. The number of aromatic nitrogens is 2. The van der Waals surface area contributed by atoms with Gasteiger partial charge < -0.3 is 14.5 Å². The molecule has 1 amide bonds. The molecular weight excluding hydrogens is 312 g/mol. The van der Waals surface area contributed by atoms with E-state index < -0.39 is 0 Å². The zero-order chi connectivity index (χ0) is 16.2. The van der Waals surface area contributed by atoms with Crippen LogP contribution in [0, 0.1) is 0 Å². The summed E-state index contributed by atoms with van der Waals surface area (Å²) >= 11 is 1.49. The number of hydrogen-bond donors (Lipinski definition) is 0. The van der Waals surface area contributed by atoms with E-state index in [1.807, 2.05) is 11.0 Å². The van der Waals surface area contributed by atoms with Gasteiger partial charge in [-0.1, -0.05) is 11.8 Å². The number of carbonyl (C=O) groups is 1. The normalized spacial score (nSPS) is 25.0. The van der Waals surface area contributed by atoms with Crippen molar-refractivity contribution in [2.45, 2.75) is 43.9 Å². The molecule has 2 aliphatic rings. The first kappa shape index (κ1) is 16.5. The highest BCUT2D eigenvalue weighted by Crippen LogP contribution is 2.23. The van der Waals surface area contributed by atoms with Crippen molar-refractivity contribution in [3.63, 3.8) is 0 Å². The summed E-state index contributed by atoms with van der Waals surface area (Å²) in [4.78, 5) is 25.0. The molecule has 0 saturated carbocycles. The van der Waals surface area contributed by atoms with Gasteiger partial charge in [-0.2, -0.15) is 0 Å². The average molecular weight is 336 g/mol. The van der Waals surface area contributed by atoms with Crippen LogP contribution in [0.4, 0.5) is 5.82 Å². The molecule has 0 aliphatic carbocycles. The summed E-state index contributed by atoms with van der Waals surface area (Å²) in [5.41, 5.74) is 0. The standard InChI is InChI=1S/C16H24N4O2S/c1-12-8-20(9-13(2)22-12)14-7-15(18-11-17-14)23-10-16(21)19-5-3-4-6-19/h7,11-13H,3-6,8-10H2,1-2H3. The summed E-state index contributed by atoms with van der Waals surface area (Å²) in [5, 5.41) is 0.856. The second-order valence-electron chi connectivity index (χ2n) is 6.25. The predicted molar refractivity (Wildman–Crippen MR) is 90.8 cm³/mol. The molecule has 0 bridgehead atoms. The zero-order valence-electron chi connectivity index (χ0n) is 13.8. The number of thioether (sulfide) groups is 1. The fourth-order valence-electron chi connectivity index (χ4n) is 3.14. The summed E-state index contributed by atoms with van der Waals surface area (Å²) in [6.45, 7) is 7.62. The topological polar surface area (TPSA) is 58.6 Å². The number of nitrogens with zero attached hydrogens (tertiary/aromatic N) is 4. The lowest BCUT2D eigenvalue weighted by atomic mass is 10.2. The van der Waals surface area contributed by atoms with Gasteiger partial charge in [-0.15, -0.1) is 0 Å². The molecule has 3 heterocycles. The third kappa shape index (κ3) is 4.35. The summed E-state index contributed by atoms with van der Waals surface area (Å²) < 4.78 is 5.76. The van der Waals surface area contributed by atoms with E-state index in [9.17, 15) is 4.79 Å². The minimum absolute atomic E-state index is 0.196. The molecule has 2 fully saturated rings. The third-order valence-electron chi connectivity index (χ3n) is 4.17. The van der Waals surface area contributed by atoms with Crippen molar-refractivity contribution in [1.29, 1.82) is 0 Å². The van der Waals surface area contributed by atoms with Crippen LogP contribution in [0.25, 0.3) is 0 Å². The molecule has 3 rings (SSSR count). The number of hydrogen-bond acceptors (Lipinski definition) is 6. The molecule has 1 aromatic rings. The van der Waals surface area contributed by atoms with Gasteiger partial charge in [0, 0.05) is 32.2 Å². The first-order valence-corrected chi connectivity index (χ1v) is 9.23. The Morgan fingerprint density at radius 2 is 1.96 bits per heavy atom. The summed E-state index contributed by atoms with van der Waals surface area (Å²) in [5.74, 6) is 1.58. The Hall–Kier alpha value is -1.34. The Bertz CT molecular complexity index is 541. The minimum Gasteiger partial charge on any atom is -0.372 e. The van der Waals surface area contributed by atoms with Crippen molar-refractivity contribution in [3.8, 4) is 0 Å². The highest BCUT2D eigenvalue weighted by atomic mass is 32.2. The van der Waals surface area contributed by atoms with Gasteiger partial charge in [0.2, 0.25) is 5.91 Å². The Kier molecular flexibility index (Phi) is 5.38. The van der Waals surface area contributed by atoms with Crippen LogP contribution < -0.4 is 4.90 Å². The first-order valence-electron chi connectivity index (χ1n) is 8.25. The number of likely N-dealkylation sites (tertiary alicyclic amines) is 1. The molecule has 2 aliphatic heterocycles. The van der Waals surface area contributed by atoms with Crippen molar-refractivity contribution in [3.05, 3.63) is 12.4 Å². The van der Waals surface area contributed by atoms with E-state index in [-0.39, 0.29) is 18.1 Å². The van der Waals surface area contributed by atoms with Gasteiger partial charge in [-0.3, -0.25) is 4.79 Å². The van der Waals surface area contributed by atoms with Crippen molar-refractivity contribution < 1.29 is 9.53 Å². The highest BCUT2D eigenvalue weighted by Gasteiger charge is 2.23. The van der Waals surface area contributed by atoms with Crippen LogP contribution in [0.2, 0.25) is 0 Å². The monoisotopic (exact) mass is 336 g/mol. The molecule has 0 aromatic carbocycles. The molecule has 0 N–H and O–H groups in total. The van der Waals surface area contributed by atoms with Crippen LogP contribution in [0.5, 0.6) is 0 Å². The second-order valence-corrected chi connectivity index (χ2v) is 7.25. The van der Waals surface area contributed by atoms with Gasteiger partial charge in [0.15, 0.2) is 0 Å². The SMILES string of the molecule is CC1CN(c2cc(SCC(=O)N3CCCC3)ncn2)CC(C)O1. The first-order chi connectivity index (χ1) is 11.1. The van der Waals surface area contributed by atoms with E-state index in [0.717, 1.165) is 49.9 Å². The quantitative estimate of drug-likeness (QED) is 0.617. The van der Waals surface area contributed by atoms with Gasteiger partial charge in [0.05, 0.1) is 18.0 Å². The van der Waals surface area contributed by atoms with Gasteiger partial charge >= 0.3 is 0 Å². The smallest absolute Gasteiger partial charge is 0.232 e. The van der Waals surface area contributed by atoms with Crippen molar-refractivity contribution in [1.82, 2.24) is 14.9 Å². The van der Waals surface area contributed by atoms with Crippen molar-refractivity contribution in [2.24, 2.45) is 0 Å². The van der Waals surface area contributed by atoms with Crippen LogP contribution in [0.15, 0.2) is 17.4 Å². The fourth-order valence-corrected chi connectivity index (χ4v) is 3.90. The van der Waals surface area contributed by atoms with Crippen LogP contribution in [0.1, 0.15) is 26.7 Å². The predicted octanol–water partition coefficient (Wildman–Crippen LogP) is 1.80. The van der Waals surface area contributed by atoms with Gasteiger partial charge in [-0.25, -0.2) is 9.97 Å². The maximum absolute atomic E-state index is 12.1. The van der Waals surface area contributed by atoms with E-state index >= 15 is 0 Å². The number of carbonyl (C=O) groups excluding carboxylic acids is 1. The molecular formula is C16H24N4O2S. The molecule has 0 radical (unpaired) electrons. The lowest BCUT2D eigenvalue weighted by Crippen LogP contribution is -2.45. The number of morpholine rings is 1. The van der Waals surface area contributed by atoms with Gasteiger partial charge in [-0.05, 0) is 26.7 Å². The van der Waals surface area contributed by atoms with Crippen molar-refractivity contribution >= 4 is 23.5 Å². The molecule has 2 unspecified atom stereocenters. The van der Waals surface area contributed by atoms with Gasteiger partial charge in [0.1, 0.15) is 17.2 Å². The van der Waals surface area contributed by atoms with Crippen molar-refractivity contribution in [2.75, 3.05) is 36.8 Å².